The van der Waals surface area contributed by atoms with Crippen LogP contribution in [0.3, 0.4) is 0 Å². The molecule has 0 saturated carbocycles. The van der Waals surface area contributed by atoms with E-state index in [1.165, 1.54) is 0 Å². The molecular weight excluding hydrogens is 375 g/mol. The number of amides is 1. The molecule has 0 aliphatic carbocycles. The van der Waals surface area contributed by atoms with Gasteiger partial charge in [-0.3, -0.25) is 4.79 Å². The van der Waals surface area contributed by atoms with Gasteiger partial charge in [0.15, 0.2) is 0 Å². The van der Waals surface area contributed by atoms with Crippen molar-refractivity contribution in [2.45, 2.75) is 12.6 Å². The van der Waals surface area contributed by atoms with E-state index < -0.39 is 18.7 Å². The first-order chi connectivity index (χ1) is 6.70. The maximum atomic E-state index is 12.5. The predicted molar refractivity (Wildman–Crippen MR) is 49.5 cm³/mol. The molecule has 7 heteroatoms. The van der Waals surface area contributed by atoms with E-state index in [9.17, 15) is 9.18 Å². The van der Waals surface area contributed by atoms with Gasteiger partial charge < -0.3 is 20.9 Å². The summed E-state index contributed by atoms with van der Waals surface area (Å²) < 4.78 is 17.4. The van der Waals surface area contributed by atoms with Crippen molar-refractivity contribution in [1.82, 2.24) is 5.32 Å². The minimum Gasteiger partial charge on any atom is -0.387 e. The number of hydrogen-bond donors (Lipinski definition) is 3. The van der Waals surface area contributed by atoms with Crippen LogP contribution >= 0.6 is 0 Å². The molecule has 1 unspecified atom stereocenters. The van der Waals surface area contributed by atoms with E-state index in [4.69, 9.17) is 15.6 Å². The van der Waals surface area contributed by atoms with Gasteiger partial charge in [-0.25, -0.2) is 4.39 Å². The van der Waals surface area contributed by atoms with Crippen molar-refractivity contribution in [2.24, 2.45) is 5.73 Å². The molecular formula is C8H17FN2O3W. The van der Waals surface area contributed by atoms with Crippen molar-refractivity contribution >= 4 is 5.91 Å². The molecule has 4 N–H and O–H groups in total. The first-order valence-corrected chi connectivity index (χ1v) is 4.50. The molecule has 0 bridgehead atoms. The summed E-state index contributed by atoms with van der Waals surface area (Å²) in [6.07, 6.45) is -0.537. The van der Waals surface area contributed by atoms with Crippen molar-refractivity contribution < 1.29 is 40.1 Å². The second-order valence-corrected chi connectivity index (χ2v) is 2.77. The monoisotopic (exact) mass is 392 g/mol. The third-order valence-corrected chi connectivity index (χ3v) is 1.49. The van der Waals surface area contributed by atoms with Gasteiger partial charge in [0, 0.05) is 40.8 Å². The Morgan fingerprint density at radius 2 is 2.27 bits per heavy atom. The standard InChI is InChI=1S/C8H17FN2O3.W/c9-7(4-10)6-14-3-1-2-11-8(13)5-12;/h7,12H,1-6,10H2,(H,11,13);. The molecule has 0 fully saturated rings. The molecule has 0 aliphatic rings. The molecule has 0 rings (SSSR count). The van der Waals surface area contributed by atoms with Crippen LogP contribution in [0.5, 0.6) is 0 Å². The number of nitrogens with one attached hydrogen (secondary N) is 1. The normalized spacial score (nSPS) is 11.7. The number of halogens is 1. The average molecular weight is 392 g/mol. The zero-order valence-electron chi connectivity index (χ0n) is 8.45. The number of nitrogens with two attached hydrogens (primary N) is 1. The van der Waals surface area contributed by atoms with Gasteiger partial charge in [0.1, 0.15) is 12.8 Å². The van der Waals surface area contributed by atoms with Crippen LogP contribution in [0.2, 0.25) is 0 Å². The SMILES string of the molecule is NCC(F)COCCCNC(=O)CO.[W]. The van der Waals surface area contributed by atoms with Crippen LogP contribution in [-0.4, -0.2) is 50.1 Å². The van der Waals surface area contributed by atoms with Gasteiger partial charge >= 0.3 is 0 Å². The number of alkyl halides is 1. The molecule has 15 heavy (non-hydrogen) atoms. The van der Waals surface area contributed by atoms with E-state index in [0.717, 1.165) is 0 Å². The fourth-order valence-electron chi connectivity index (χ4n) is 0.737. The maximum absolute atomic E-state index is 12.5. The van der Waals surface area contributed by atoms with Crippen LogP contribution in [0.1, 0.15) is 6.42 Å². The smallest absolute Gasteiger partial charge is 0.245 e. The minimum absolute atomic E-state index is 0. The summed E-state index contributed by atoms with van der Waals surface area (Å²) in [5.74, 6) is -0.421. The van der Waals surface area contributed by atoms with Gasteiger partial charge in [-0.1, -0.05) is 0 Å². The van der Waals surface area contributed by atoms with Crippen molar-refractivity contribution in [3.8, 4) is 0 Å². The van der Waals surface area contributed by atoms with Crippen LogP contribution in [0.25, 0.3) is 0 Å². The molecule has 0 saturated heterocycles. The molecule has 0 aromatic heterocycles. The summed E-state index contributed by atoms with van der Waals surface area (Å²) >= 11 is 0. The quantitative estimate of drug-likeness (QED) is 0.453. The van der Waals surface area contributed by atoms with Crippen LogP contribution in [0, 0.1) is 0 Å². The maximum Gasteiger partial charge on any atom is 0.245 e. The molecule has 0 spiro atoms. The van der Waals surface area contributed by atoms with Crippen molar-refractivity contribution in [3.05, 3.63) is 0 Å². The number of aliphatic hydroxyl groups excluding tert-OH is 1. The molecule has 0 radical (unpaired) electrons. The molecule has 1 amide bonds. The number of carbonyl (C=O) groups excluding carboxylic acids is 1. The Hall–Kier alpha value is -0.0317. The fraction of sp³-hybridized carbons (Fsp3) is 0.875. The number of ether oxygens (including phenoxy) is 1. The van der Waals surface area contributed by atoms with Crippen molar-refractivity contribution in [1.29, 1.82) is 0 Å². The van der Waals surface area contributed by atoms with Crippen LogP contribution in [0.4, 0.5) is 4.39 Å². The Labute approximate surface area is 103 Å². The molecule has 0 heterocycles. The van der Waals surface area contributed by atoms with Crippen LogP contribution < -0.4 is 11.1 Å². The Kier molecular flexibility index (Phi) is 13.9. The van der Waals surface area contributed by atoms with Crippen LogP contribution in [-0.2, 0) is 30.6 Å². The number of rotatable bonds is 8. The van der Waals surface area contributed by atoms with E-state index in [0.29, 0.717) is 19.6 Å². The van der Waals surface area contributed by atoms with Crippen molar-refractivity contribution in [2.75, 3.05) is 32.9 Å². The van der Waals surface area contributed by atoms with E-state index in [1.807, 2.05) is 0 Å². The summed E-state index contributed by atoms with van der Waals surface area (Å²) in [4.78, 5) is 10.5. The first-order valence-electron chi connectivity index (χ1n) is 4.50. The van der Waals surface area contributed by atoms with Gasteiger partial charge in [0.25, 0.3) is 0 Å². The predicted octanol–water partition coefficient (Wildman–Crippen LogP) is -1.20. The van der Waals surface area contributed by atoms with E-state index in [1.54, 1.807) is 0 Å². The summed E-state index contributed by atoms with van der Waals surface area (Å²) in [7, 11) is 0. The summed E-state index contributed by atoms with van der Waals surface area (Å²) in [6.45, 7) is 0.220. The first kappa shape index (κ1) is 17.4. The van der Waals surface area contributed by atoms with Gasteiger partial charge in [-0.05, 0) is 6.42 Å². The number of hydrogen-bond acceptors (Lipinski definition) is 4. The number of aliphatic hydroxyl groups is 1. The third-order valence-electron chi connectivity index (χ3n) is 1.49. The molecule has 0 aliphatic heterocycles. The Bertz CT molecular complexity index is 163. The fourth-order valence-corrected chi connectivity index (χ4v) is 0.737. The van der Waals surface area contributed by atoms with E-state index in [-0.39, 0.29) is 34.2 Å². The molecule has 5 nitrogen and oxygen atoms in total. The second kappa shape index (κ2) is 12.0. The summed E-state index contributed by atoms with van der Waals surface area (Å²) in [5.41, 5.74) is 5.03. The Morgan fingerprint density at radius 1 is 1.60 bits per heavy atom. The van der Waals surface area contributed by atoms with E-state index in [2.05, 4.69) is 5.32 Å². The van der Waals surface area contributed by atoms with Gasteiger partial charge in [0.2, 0.25) is 5.91 Å². The molecule has 90 valence electrons. The van der Waals surface area contributed by atoms with Crippen LogP contribution in [0.15, 0.2) is 0 Å². The topological polar surface area (TPSA) is 84.6 Å². The number of carbonyl (C=O) groups is 1. The minimum atomic E-state index is -1.12. The van der Waals surface area contributed by atoms with E-state index >= 15 is 0 Å². The molecule has 0 aromatic carbocycles. The molecule has 0 aromatic rings. The Balaban J connectivity index is 0. The zero-order valence-corrected chi connectivity index (χ0v) is 11.4. The van der Waals surface area contributed by atoms with Crippen molar-refractivity contribution in [3.63, 3.8) is 0 Å². The third kappa shape index (κ3) is 11.9. The van der Waals surface area contributed by atoms with Gasteiger partial charge in [0.05, 0.1) is 6.61 Å². The largest absolute Gasteiger partial charge is 0.387 e. The summed E-state index contributed by atoms with van der Waals surface area (Å²) in [5, 5.41) is 10.8. The zero-order chi connectivity index (χ0) is 10.8. The Morgan fingerprint density at radius 3 is 2.80 bits per heavy atom. The van der Waals surface area contributed by atoms with Gasteiger partial charge in [-0.15, -0.1) is 0 Å². The second-order valence-electron chi connectivity index (χ2n) is 2.77. The summed E-state index contributed by atoms with van der Waals surface area (Å²) in [6, 6.07) is 0. The molecule has 1 atom stereocenters. The average Bonchev–Trinajstić information content (AvgIpc) is 2.22. The van der Waals surface area contributed by atoms with Gasteiger partial charge in [-0.2, -0.15) is 0 Å².